The van der Waals surface area contributed by atoms with Crippen LogP contribution < -0.4 is 14.4 Å². The second kappa shape index (κ2) is 9.42. The number of esters is 1. The lowest BCUT2D eigenvalue weighted by Crippen LogP contribution is -2.45. The van der Waals surface area contributed by atoms with Crippen LogP contribution in [0.2, 0.25) is 0 Å². The molecule has 0 fully saturated rings. The Morgan fingerprint density at radius 2 is 1.79 bits per heavy atom. The van der Waals surface area contributed by atoms with Crippen LogP contribution in [0.5, 0.6) is 5.75 Å². The zero-order valence-corrected chi connectivity index (χ0v) is 17.5. The van der Waals surface area contributed by atoms with E-state index in [0.29, 0.717) is 23.7 Å². The molecule has 0 saturated heterocycles. The first-order chi connectivity index (χ1) is 13.7. The molecule has 0 aliphatic rings. The number of ether oxygens (including phenoxy) is 2. The molecule has 0 aliphatic carbocycles. The molecular formula is C20H24N2O6S. The lowest BCUT2D eigenvalue weighted by molar-refractivity contribution is -0.116. The van der Waals surface area contributed by atoms with Gasteiger partial charge in [0.05, 0.1) is 31.2 Å². The lowest BCUT2D eigenvalue weighted by atomic mass is 10.2. The molecule has 0 aliphatic heterocycles. The highest BCUT2D eigenvalue weighted by molar-refractivity contribution is 7.92. The first kappa shape index (κ1) is 22.2. The van der Waals surface area contributed by atoms with Gasteiger partial charge in [-0.2, -0.15) is 0 Å². The van der Waals surface area contributed by atoms with Gasteiger partial charge in [0.15, 0.2) is 0 Å². The van der Waals surface area contributed by atoms with Crippen molar-refractivity contribution in [2.24, 2.45) is 0 Å². The molecule has 8 nitrogen and oxygen atoms in total. The second-order valence-electron chi connectivity index (χ2n) is 6.22. The molecule has 2 rings (SSSR count). The minimum atomic E-state index is -3.75. The third kappa shape index (κ3) is 5.71. The van der Waals surface area contributed by atoms with E-state index in [2.05, 4.69) is 10.1 Å². The SMILES string of the molecule is CCOc1ccc(N([C@H](C)C(=O)Nc2cccc(C(=O)OC)c2)S(C)(=O)=O)cc1. The largest absolute Gasteiger partial charge is 0.494 e. The Labute approximate surface area is 170 Å². The van der Waals surface area contributed by atoms with Crippen molar-refractivity contribution in [1.82, 2.24) is 0 Å². The number of sulfonamides is 1. The fraction of sp³-hybridized carbons (Fsp3) is 0.300. The van der Waals surface area contributed by atoms with Crippen molar-refractivity contribution in [1.29, 1.82) is 0 Å². The first-order valence-electron chi connectivity index (χ1n) is 8.89. The molecule has 0 heterocycles. The number of amides is 1. The average molecular weight is 420 g/mol. The Kier molecular flexibility index (Phi) is 7.22. The number of carbonyl (C=O) groups is 2. The molecule has 0 unspecified atom stereocenters. The third-order valence-electron chi connectivity index (χ3n) is 4.04. The van der Waals surface area contributed by atoms with Crippen molar-refractivity contribution in [3.63, 3.8) is 0 Å². The molecule has 0 bridgehead atoms. The monoisotopic (exact) mass is 420 g/mol. The van der Waals surface area contributed by atoms with Gasteiger partial charge in [-0.3, -0.25) is 9.10 Å². The van der Waals surface area contributed by atoms with Gasteiger partial charge in [-0.15, -0.1) is 0 Å². The van der Waals surface area contributed by atoms with Gasteiger partial charge in [-0.05, 0) is 56.3 Å². The number of carbonyl (C=O) groups excluding carboxylic acids is 2. The molecule has 0 saturated carbocycles. The van der Waals surface area contributed by atoms with E-state index in [1.54, 1.807) is 42.5 Å². The molecular weight excluding hydrogens is 396 g/mol. The molecule has 2 aromatic rings. The van der Waals surface area contributed by atoms with E-state index < -0.39 is 27.9 Å². The summed E-state index contributed by atoms with van der Waals surface area (Å²) in [5, 5.41) is 2.64. The van der Waals surface area contributed by atoms with E-state index in [1.165, 1.54) is 20.1 Å². The fourth-order valence-corrected chi connectivity index (χ4v) is 3.93. The van der Waals surface area contributed by atoms with Crippen molar-refractivity contribution < 1.29 is 27.5 Å². The maximum Gasteiger partial charge on any atom is 0.337 e. The number of nitrogens with one attached hydrogen (secondary N) is 1. The number of rotatable bonds is 8. The zero-order valence-electron chi connectivity index (χ0n) is 16.7. The average Bonchev–Trinajstić information content (AvgIpc) is 2.68. The molecule has 1 N–H and O–H groups in total. The van der Waals surface area contributed by atoms with Crippen LogP contribution in [-0.2, 0) is 19.6 Å². The van der Waals surface area contributed by atoms with Crippen LogP contribution in [0, 0.1) is 0 Å². The predicted octanol–water partition coefficient (Wildman–Crippen LogP) is 2.67. The minimum absolute atomic E-state index is 0.268. The first-order valence-corrected chi connectivity index (χ1v) is 10.7. The summed E-state index contributed by atoms with van der Waals surface area (Å²) in [5.41, 5.74) is 0.955. The molecule has 0 aromatic heterocycles. The summed E-state index contributed by atoms with van der Waals surface area (Å²) in [7, 11) is -2.49. The van der Waals surface area contributed by atoms with Gasteiger partial charge in [0.1, 0.15) is 11.8 Å². The van der Waals surface area contributed by atoms with Gasteiger partial charge >= 0.3 is 5.97 Å². The summed E-state index contributed by atoms with van der Waals surface area (Å²) in [6.45, 7) is 3.81. The topological polar surface area (TPSA) is 102 Å². The smallest absolute Gasteiger partial charge is 0.337 e. The van der Waals surface area contributed by atoms with Crippen LogP contribution in [0.4, 0.5) is 11.4 Å². The number of nitrogens with zero attached hydrogens (tertiary/aromatic N) is 1. The van der Waals surface area contributed by atoms with Gasteiger partial charge in [-0.25, -0.2) is 13.2 Å². The molecule has 29 heavy (non-hydrogen) atoms. The van der Waals surface area contributed by atoms with Crippen molar-refractivity contribution in [3.8, 4) is 5.75 Å². The molecule has 1 amide bonds. The van der Waals surface area contributed by atoms with E-state index in [9.17, 15) is 18.0 Å². The highest BCUT2D eigenvalue weighted by Gasteiger charge is 2.29. The Morgan fingerprint density at radius 1 is 1.14 bits per heavy atom. The van der Waals surface area contributed by atoms with Gasteiger partial charge in [0.25, 0.3) is 0 Å². The van der Waals surface area contributed by atoms with Gasteiger partial charge in [0, 0.05) is 5.69 Å². The van der Waals surface area contributed by atoms with Crippen LogP contribution in [0.15, 0.2) is 48.5 Å². The highest BCUT2D eigenvalue weighted by atomic mass is 32.2. The van der Waals surface area contributed by atoms with Crippen LogP contribution in [-0.4, -0.2) is 46.3 Å². The van der Waals surface area contributed by atoms with Crippen molar-refractivity contribution in [2.45, 2.75) is 19.9 Å². The summed E-state index contributed by atoms with van der Waals surface area (Å²) < 4.78 is 35.8. The van der Waals surface area contributed by atoms with Gasteiger partial charge in [0.2, 0.25) is 15.9 Å². The zero-order chi connectivity index (χ0) is 21.6. The maximum absolute atomic E-state index is 12.7. The second-order valence-corrected chi connectivity index (χ2v) is 8.08. The number of methoxy groups -OCH3 is 1. The summed E-state index contributed by atoms with van der Waals surface area (Å²) in [6.07, 6.45) is 1.03. The Hall–Kier alpha value is -3.07. The normalized spacial score (nSPS) is 12.0. The standard InChI is InChI=1S/C20H24N2O6S/c1-5-28-18-11-9-17(10-12-18)22(29(4,25)26)14(2)19(23)21-16-8-6-7-15(13-16)20(24)27-3/h6-14H,5H2,1-4H3,(H,21,23)/t14-/m1/s1. The van der Waals surface area contributed by atoms with E-state index in [1.807, 2.05) is 6.92 Å². The molecule has 9 heteroatoms. The van der Waals surface area contributed by atoms with E-state index in [0.717, 1.165) is 10.6 Å². The number of hydrogen-bond acceptors (Lipinski definition) is 6. The number of benzene rings is 2. The van der Waals surface area contributed by atoms with Gasteiger partial charge < -0.3 is 14.8 Å². The quantitative estimate of drug-likeness (QED) is 0.659. The molecule has 1 atom stereocenters. The number of anilines is 2. The van der Waals surface area contributed by atoms with Crippen LogP contribution >= 0.6 is 0 Å². The molecule has 2 aromatic carbocycles. The van der Waals surface area contributed by atoms with Gasteiger partial charge in [-0.1, -0.05) is 6.07 Å². The summed E-state index contributed by atoms with van der Waals surface area (Å²) in [4.78, 5) is 24.4. The van der Waals surface area contributed by atoms with E-state index >= 15 is 0 Å². The predicted molar refractivity (Wildman–Crippen MR) is 111 cm³/mol. The third-order valence-corrected chi connectivity index (χ3v) is 5.28. The van der Waals surface area contributed by atoms with Crippen molar-refractivity contribution >= 4 is 33.3 Å². The Bertz CT molecular complexity index is 973. The van der Waals surface area contributed by atoms with Crippen LogP contribution in [0.1, 0.15) is 24.2 Å². The fourth-order valence-electron chi connectivity index (χ4n) is 2.75. The van der Waals surface area contributed by atoms with Crippen LogP contribution in [0.25, 0.3) is 0 Å². The minimum Gasteiger partial charge on any atom is -0.494 e. The summed E-state index contributed by atoms with van der Waals surface area (Å²) in [5.74, 6) is -0.492. The highest BCUT2D eigenvalue weighted by Crippen LogP contribution is 2.24. The van der Waals surface area contributed by atoms with Crippen molar-refractivity contribution in [2.75, 3.05) is 29.6 Å². The summed E-state index contributed by atoms with van der Waals surface area (Å²) >= 11 is 0. The van der Waals surface area contributed by atoms with E-state index in [4.69, 9.17) is 4.74 Å². The van der Waals surface area contributed by atoms with Crippen LogP contribution in [0.3, 0.4) is 0 Å². The lowest BCUT2D eigenvalue weighted by Gasteiger charge is -2.28. The van der Waals surface area contributed by atoms with E-state index in [-0.39, 0.29) is 5.56 Å². The van der Waals surface area contributed by atoms with Crippen molar-refractivity contribution in [3.05, 3.63) is 54.1 Å². The summed E-state index contributed by atoms with van der Waals surface area (Å²) in [6, 6.07) is 11.6. The molecule has 156 valence electrons. The molecule has 0 radical (unpaired) electrons. The Morgan fingerprint density at radius 3 is 2.34 bits per heavy atom. The Balaban J connectivity index is 2.26. The molecule has 0 spiro atoms. The maximum atomic E-state index is 12.7. The number of hydrogen-bond donors (Lipinski definition) is 1.